The summed E-state index contributed by atoms with van der Waals surface area (Å²) in [6.07, 6.45) is 4.56. The maximum absolute atomic E-state index is 11.0. The molecule has 21 heavy (non-hydrogen) atoms. The zero-order valence-corrected chi connectivity index (χ0v) is 13.2. The largest absolute Gasteiger partial charge is 0.469 e. The Balaban J connectivity index is 1.77. The summed E-state index contributed by atoms with van der Waals surface area (Å²) in [6.45, 7) is 0.676. The van der Waals surface area contributed by atoms with E-state index < -0.39 is 0 Å². The number of thiocarbonyl (C=S) groups is 1. The Labute approximate surface area is 131 Å². The van der Waals surface area contributed by atoms with E-state index in [2.05, 4.69) is 39.6 Å². The molecule has 0 radical (unpaired) electrons. The molecule has 0 bridgehead atoms. The first kappa shape index (κ1) is 15.8. The third-order valence-corrected chi connectivity index (χ3v) is 4.01. The molecule has 4 nitrogen and oxygen atoms in total. The summed E-state index contributed by atoms with van der Waals surface area (Å²) < 4.78 is 4.60. The molecule has 1 aromatic rings. The van der Waals surface area contributed by atoms with E-state index in [-0.39, 0.29) is 12.0 Å². The van der Waals surface area contributed by atoms with E-state index in [0.717, 1.165) is 19.3 Å². The molecule has 2 rings (SSSR count). The average Bonchev–Trinajstić information content (AvgIpc) is 2.51. The van der Waals surface area contributed by atoms with Gasteiger partial charge in [-0.3, -0.25) is 4.79 Å². The molecule has 0 unspecified atom stereocenters. The summed E-state index contributed by atoms with van der Waals surface area (Å²) in [4.78, 5) is 11.0. The molecule has 2 N–H and O–H groups in total. The van der Waals surface area contributed by atoms with E-state index in [1.807, 2.05) is 0 Å². The molecule has 0 heterocycles. The van der Waals surface area contributed by atoms with Crippen LogP contribution in [0.4, 0.5) is 0 Å². The van der Waals surface area contributed by atoms with Crippen LogP contribution in [0.15, 0.2) is 24.3 Å². The van der Waals surface area contributed by atoms with Crippen molar-refractivity contribution in [2.24, 2.45) is 0 Å². The molecule has 0 aromatic heterocycles. The maximum atomic E-state index is 11.0. The molecular formula is C16H22N2O2S. The molecule has 0 spiro atoms. The van der Waals surface area contributed by atoms with Crippen LogP contribution in [-0.4, -0.2) is 24.7 Å². The lowest BCUT2D eigenvalue weighted by molar-refractivity contribution is -0.140. The Morgan fingerprint density at radius 2 is 2.24 bits per heavy atom. The van der Waals surface area contributed by atoms with Gasteiger partial charge < -0.3 is 15.4 Å². The number of nitrogens with one attached hydrogen (secondary N) is 2. The molecule has 1 atom stereocenters. The van der Waals surface area contributed by atoms with Crippen molar-refractivity contribution in [3.8, 4) is 0 Å². The third kappa shape index (κ3) is 4.70. The SMILES string of the molecule is COC(=O)CCCNC(=S)N[C@H]1CCCc2ccccc21. The fraction of sp³-hybridized carbons (Fsp3) is 0.500. The van der Waals surface area contributed by atoms with Gasteiger partial charge in [-0.15, -0.1) is 0 Å². The highest BCUT2D eigenvalue weighted by atomic mass is 32.1. The summed E-state index contributed by atoms with van der Waals surface area (Å²) in [6, 6.07) is 8.81. The Kier molecular flexibility index (Phi) is 5.99. The molecule has 0 aliphatic heterocycles. The highest BCUT2D eigenvalue weighted by Gasteiger charge is 2.19. The van der Waals surface area contributed by atoms with Crippen molar-refractivity contribution in [1.82, 2.24) is 10.6 Å². The van der Waals surface area contributed by atoms with Crippen molar-refractivity contribution in [2.75, 3.05) is 13.7 Å². The summed E-state index contributed by atoms with van der Waals surface area (Å²) >= 11 is 5.33. The molecule has 0 saturated carbocycles. The van der Waals surface area contributed by atoms with E-state index in [1.54, 1.807) is 0 Å². The normalized spacial score (nSPS) is 16.7. The highest BCUT2D eigenvalue weighted by molar-refractivity contribution is 7.80. The summed E-state index contributed by atoms with van der Waals surface area (Å²) in [7, 11) is 1.41. The number of esters is 1. The number of ether oxygens (including phenoxy) is 1. The van der Waals surface area contributed by atoms with Crippen molar-refractivity contribution in [3.63, 3.8) is 0 Å². The van der Waals surface area contributed by atoms with Crippen LogP contribution in [0, 0.1) is 0 Å². The number of hydrogen-bond donors (Lipinski definition) is 2. The number of hydrogen-bond acceptors (Lipinski definition) is 3. The Bertz CT molecular complexity index is 505. The first-order valence-electron chi connectivity index (χ1n) is 7.39. The quantitative estimate of drug-likeness (QED) is 0.497. The second kappa shape index (κ2) is 7.98. The lowest BCUT2D eigenvalue weighted by Gasteiger charge is -2.27. The average molecular weight is 306 g/mol. The number of carbonyl (C=O) groups is 1. The van der Waals surface area contributed by atoms with Gasteiger partial charge in [-0.05, 0) is 49.0 Å². The minimum Gasteiger partial charge on any atom is -0.469 e. The lowest BCUT2D eigenvalue weighted by atomic mass is 9.88. The van der Waals surface area contributed by atoms with Crippen LogP contribution in [0.5, 0.6) is 0 Å². The predicted molar refractivity (Wildman–Crippen MR) is 87.1 cm³/mol. The standard InChI is InChI=1S/C16H22N2O2S/c1-20-15(19)10-5-11-17-16(21)18-14-9-4-7-12-6-2-3-8-13(12)14/h2-3,6,8,14H,4-5,7,9-11H2,1H3,(H2,17,18,21)/t14-/m0/s1. The first-order valence-corrected chi connectivity index (χ1v) is 7.80. The van der Waals surface area contributed by atoms with Crippen molar-refractivity contribution in [3.05, 3.63) is 35.4 Å². The number of aryl methyl sites for hydroxylation is 1. The lowest BCUT2D eigenvalue weighted by Crippen LogP contribution is -2.39. The van der Waals surface area contributed by atoms with Gasteiger partial charge in [0.15, 0.2) is 5.11 Å². The molecule has 114 valence electrons. The predicted octanol–water partition coefficient (Wildman–Crippen LogP) is 2.48. The minimum absolute atomic E-state index is 0.183. The Morgan fingerprint density at radius 1 is 1.43 bits per heavy atom. The van der Waals surface area contributed by atoms with E-state index in [1.165, 1.54) is 24.7 Å². The van der Waals surface area contributed by atoms with E-state index in [0.29, 0.717) is 18.1 Å². The van der Waals surface area contributed by atoms with Crippen molar-refractivity contribution >= 4 is 23.3 Å². The zero-order chi connectivity index (χ0) is 15.1. The van der Waals surface area contributed by atoms with Crippen LogP contribution in [-0.2, 0) is 16.0 Å². The molecule has 0 amide bonds. The second-order valence-corrected chi connectivity index (χ2v) is 5.63. The van der Waals surface area contributed by atoms with Crippen LogP contribution in [0.1, 0.15) is 42.9 Å². The van der Waals surface area contributed by atoms with Gasteiger partial charge in [0.25, 0.3) is 0 Å². The number of rotatable bonds is 5. The maximum Gasteiger partial charge on any atom is 0.305 e. The van der Waals surface area contributed by atoms with Gasteiger partial charge in [-0.2, -0.15) is 0 Å². The topological polar surface area (TPSA) is 50.4 Å². The molecule has 0 fully saturated rings. The fourth-order valence-corrected chi connectivity index (χ4v) is 2.89. The van der Waals surface area contributed by atoms with Gasteiger partial charge in [0.2, 0.25) is 0 Å². The molecule has 5 heteroatoms. The molecular weight excluding hydrogens is 284 g/mol. The Morgan fingerprint density at radius 3 is 3.05 bits per heavy atom. The fourth-order valence-electron chi connectivity index (χ4n) is 2.65. The van der Waals surface area contributed by atoms with E-state index in [4.69, 9.17) is 12.2 Å². The number of methoxy groups -OCH3 is 1. The second-order valence-electron chi connectivity index (χ2n) is 5.22. The summed E-state index contributed by atoms with van der Waals surface area (Å²) in [5.74, 6) is -0.183. The third-order valence-electron chi connectivity index (χ3n) is 3.75. The van der Waals surface area contributed by atoms with Gasteiger partial charge in [-0.25, -0.2) is 0 Å². The van der Waals surface area contributed by atoms with Gasteiger partial charge in [0.05, 0.1) is 13.2 Å². The number of benzene rings is 1. The van der Waals surface area contributed by atoms with Crippen LogP contribution >= 0.6 is 12.2 Å². The summed E-state index contributed by atoms with van der Waals surface area (Å²) in [5, 5.41) is 7.19. The van der Waals surface area contributed by atoms with Crippen molar-refractivity contribution in [2.45, 2.75) is 38.1 Å². The number of fused-ring (bicyclic) bond motifs is 1. The number of carbonyl (C=O) groups excluding carboxylic acids is 1. The minimum atomic E-state index is -0.183. The van der Waals surface area contributed by atoms with Gasteiger partial charge in [0.1, 0.15) is 0 Å². The monoisotopic (exact) mass is 306 g/mol. The molecule has 1 aromatic carbocycles. The van der Waals surface area contributed by atoms with Crippen LogP contribution in [0.2, 0.25) is 0 Å². The van der Waals surface area contributed by atoms with Gasteiger partial charge in [0, 0.05) is 13.0 Å². The van der Waals surface area contributed by atoms with Crippen LogP contribution < -0.4 is 10.6 Å². The van der Waals surface area contributed by atoms with E-state index in [9.17, 15) is 4.79 Å². The van der Waals surface area contributed by atoms with Crippen LogP contribution in [0.3, 0.4) is 0 Å². The van der Waals surface area contributed by atoms with Crippen molar-refractivity contribution in [1.29, 1.82) is 0 Å². The molecule has 0 saturated heterocycles. The zero-order valence-electron chi connectivity index (χ0n) is 12.4. The van der Waals surface area contributed by atoms with Crippen molar-refractivity contribution < 1.29 is 9.53 Å². The molecule has 1 aliphatic carbocycles. The summed E-state index contributed by atoms with van der Waals surface area (Å²) in [5.41, 5.74) is 2.76. The smallest absolute Gasteiger partial charge is 0.305 e. The molecule has 1 aliphatic rings. The highest BCUT2D eigenvalue weighted by Crippen LogP contribution is 2.29. The first-order chi connectivity index (χ1) is 10.2. The van der Waals surface area contributed by atoms with Crippen LogP contribution in [0.25, 0.3) is 0 Å². The van der Waals surface area contributed by atoms with Gasteiger partial charge in [-0.1, -0.05) is 24.3 Å². The van der Waals surface area contributed by atoms with E-state index >= 15 is 0 Å². The Hall–Kier alpha value is -1.62. The van der Waals surface area contributed by atoms with Gasteiger partial charge >= 0.3 is 5.97 Å².